The first kappa shape index (κ1) is 15.6. The zero-order valence-electron chi connectivity index (χ0n) is 13.0. The Morgan fingerprint density at radius 1 is 1.26 bits per heavy atom. The van der Waals surface area contributed by atoms with Gasteiger partial charge in [0, 0.05) is 29.9 Å². The fraction of sp³-hybridized carbons (Fsp3) is 0.222. The molecule has 0 radical (unpaired) electrons. The molecule has 118 valence electrons. The minimum Gasteiger partial charge on any atom is -0.325 e. The molecule has 0 saturated heterocycles. The van der Waals surface area contributed by atoms with Crippen molar-refractivity contribution in [1.29, 1.82) is 0 Å². The normalized spacial score (nSPS) is 16.9. The summed E-state index contributed by atoms with van der Waals surface area (Å²) in [7, 11) is 1.73. The Balaban J connectivity index is 1.90. The van der Waals surface area contributed by atoms with Gasteiger partial charge in [0.05, 0.1) is 5.92 Å². The van der Waals surface area contributed by atoms with Gasteiger partial charge in [0.25, 0.3) is 0 Å². The number of anilines is 2. The Hall–Kier alpha value is -2.33. The van der Waals surface area contributed by atoms with Gasteiger partial charge in [0.15, 0.2) is 0 Å². The largest absolute Gasteiger partial charge is 0.325 e. The second-order valence-electron chi connectivity index (χ2n) is 5.72. The fourth-order valence-electron chi connectivity index (χ4n) is 2.86. The molecule has 5 heteroatoms. The predicted molar refractivity (Wildman–Crippen MR) is 92.0 cm³/mol. The Morgan fingerprint density at radius 3 is 2.74 bits per heavy atom. The van der Waals surface area contributed by atoms with Gasteiger partial charge in [-0.25, -0.2) is 0 Å². The average Bonchev–Trinajstić information content (AvgIpc) is 2.53. The van der Waals surface area contributed by atoms with E-state index in [-0.39, 0.29) is 18.2 Å². The van der Waals surface area contributed by atoms with Crippen molar-refractivity contribution in [3.05, 3.63) is 58.6 Å². The highest BCUT2D eigenvalue weighted by Crippen LogP contribution is 2.36. The second kappa shape index (κ2) is 6.05. The van der Waals surface area contributed by atoms with E-state index in [2.05, 4.69) is 5.32 Å². The van der Waals surface area contributed by atoms with Gasteiger partial charge in [-0.3, -0.25) is 9.59 Å². The van der Waals surface area contributed by atoms with Crippen LogP contribution in [-0.2, 0) is 9.59 Å². The van der Waals surface area contributed by atoms with E-state index < -0.39 is 5.92 Å². The summed E-state index contributed by atoms with van der Waals surface area (Å²) in [6.07, 6.45) is 0.173. The molecule has 2 amide bonds. The predicted octanol–water partition coefficient (Wildman–Crippen LogP) is 3.74. The molecule has 4 nitrogen and oxygen atoms in total. The van der Waals surface area contributed by atoms with Crippen LogP contribution >= 0.6 is 11.6 Å². The number of fused-ring (bicyclic) bond motifs is 1. The van der Waals surface area contributed by atoms with Crippen molar-refractivity contribution < 1.29 is 9.59 Å². The molecule has 0 fully saturated rings. The number of rotatable bonds is 2. The van der Waals surface area contributed by atoms with Crippen LogP contribution in [0.3, 0.4) is 0 Å². The molecule has 1 atom stereocenters. The lowest BCUT2D eigenvalue weighted by Crippen LogP contribution is -2.37. The number of carbonyl (C=O) groups excluding carboxylic acids is 2. The summed E-state index contributed by atoms with van der Waals surface area (Å²) in [5, 5.41) is 3.54. The summed E-state index contributed by atoms with van der Waals surface area (Å²) in [6.45, 7) is 1.88. The molecule has 0 bridgehead atoms. The van der Waals surface area contributed by atoms with Crippen molar-refractivity contribution in [1.82, 2.24) is 0 Å². The zero-order chi connectivity index (χ0) is 16.6. The molecule has 0 saturated carbocycles. The highest BCUT2D eigenvalue weighted by molar-refractivity contribution is 6.30. The van der Waals surface area contributed by atoms with Crippen molar-refractivity contribution in [2.45, 2.75) is 19.3 Å². The van der Waals surface area contributed by atoms with Crippen LogP contribution in [0.1, 0.15) is 23.5 Å². The Kier molecular flexibility index (Phi) is 4.09. The first-order valence-corrected chi connectivity index (χ1v) is 7.77. The lowest BCUT2D eigenvalue weighted by Gasteiger charge is -2.31. The van der Waals surface area contributed by atoms with E-state index in [9.17, 15) is 9.59 Å². The smallest absolute Gasteiger partial charge is 0.232 e. The molecule has 1 heterocycles. The highest BCUT2D eigenvalue weighted by atomic mass is 35.5. The van der Waals surface area contributed by atoms with E-state index >= 15 is 0 Å². The number of hydrogen-bond donors (Lipinski definition) is 1. The van der Waals surface area contributed by atoms with Crippen LogP contribution in [0.25, 0.3) is 0 Å². The van der Waals surface area contributed by atoms with E-state index in [0.29, 0.717) is 10.7 Å². The fourth-order valence-corrected chi connectivity index (χ4v) is 3.09. The third kappa shape index (κ3) is 2.94. The lowest BCUT2D eigenvalue weighted by atomic mass is 9.89. The molecule has 0 aliphatic carbocycles. The Labute approximate surface area is 140 Å². The van der Waals surface area contributed by atoms with Crippen LogP contribution < -0.4 is 10.2 Å². The highest BCUT2D eigenvalue weighted by Gasteiger charge is 2.33. The van der Waals surface area contributed by atoms with Crippen LogP contribution in [0.15, 0.2) is 42.5 Å². The summed E-state index contributed by atoms with van der Waals surface area (Å²) < 4.78 is 0. The Bertz CT molecular complexity index is 788. The summed E-state index contributed by atoms with van der Waals surface area (Å²) in [6, 6.07) is 12.8. The van der Waals surface area contributed by atoms with Gasteiger partial charge in [-0.2, -0.15) is 0 Å². The van der Waals surface area contributed by atoms with E-state index in [0.717, 1.165) is 16.8 Å². The van der Waals surface area contributed by atoms with Crippen molar-refractivity contribution in [3.8, 4) is 0 Å². The maximum atomic E-state index is 12.7. The zero-order valence-corrected chi connectivity index (χ0v) is 13.7. The molecule has 2 aromatic rings. The number of amides is 2. The summed E-state index contributed by atoms with van der Waals surface area (Å²) in [5.74, 6) is -0.717. The number of hydrogen-bond acceptors (Lipinski definition) is 2. The van der Waals surface area contributed by atoms with Crippen molar-refractivity contribution in [3.63, 3.8) is 0 Å². The molecule has 2 aromatic carbocycles. The van der Waals surface area contributed by atoms with E-state index in [4.69, 9.17) is 11.6 Å². The SMILES string of the molecule is Cc1cc(Cl)ccc1NC(=O)C1CC(=O)N(C)c2ccccc21. The topological polar surface area (TPSA) is 49.4 Å². The standard InChI is InChI=1S/C18H17ClN2O2/c1-11-9-12(19)7-8-15(11)20-18(23)14-10-17(22)21(2)16-6-4-3-5-13(14)16/h3-9,14H,10H2,1-2H3,(H,20,23). The molecule has 23 heavy (non-hydrogen) atoms. The number of nitrogens with one attached hydrogen (secondary N) is 1. The molecule has 1 N–H and O–H groups in total. The number of aryl methyl sites for hydroxylation is 1. The molecular formula is C18H17ClN2O2. The third-order valence-corrected chi connectivity index (χ3v) is 4.42. The van der Waals surface area contributed by atoms with Gasteiger partial charge < -0.3 is 10.2 Å². The van der Waals surface area contributed by atoms with Crippen LogP contribution in [0.5, 0.6) is 0 Å². The van der Waals surface area contributed by atoms with Gasteiger partial charge in [0.2, 0.25) is 11.8 Å². The molecular weight excluding hydrogens is 312 g/mol. The van der Waals surface area contributed by atoms with Gasteiger partial charge in [-0.05, 0) is 42.3 Å². The van der Waals surface area contributed by atoms with Crippen molar-refractivity contribution in [2.24, 2.45) is 0 Å². The summed E-state index contributed by atoms with van der Waals surface area (Å²) in [5.41, 5.74) is 3.26. The van der Waals surface area contributed by atoms with Crippen LogP contribution in [-0.4, -0.2) is 18.9 Å². The monoisotopic (exact) mass is 328 g/mol. The van der Waals surface area contributed by atoms with E-state index in [1.807, 2.05) is 31.2 Å². The number of benzene rings is 2. The molecule has 0 aromatic heterocycles. The number of halogens is 1. The van der Waals surface area contributed by atoms with E-state index in [1.54, 1.807) is 30.1 Å². The minimum absolute atomic E-state index is 0.0586. The van der Waals surface area contributed by atoms with Crippen LogP contribution in [0.2, 0.25) is 5.02 Å². The van der Waals surface area contributed by atoms with Gasteiger partial charge >= 0.3 is 0 Å². The van der Waals surface area contributed by atoms with E-state index in [1.165, 1.54) is 0 Å². The molecule has 1 aliphatic heterocycles. The maximum absolute atomic E-state index is 12.7. The first-order chi connectivity index (χ1) is 11.0. The van der Waals surface area contributed by atoms with Crippen LogP contribution in [0.4, 0.5) is 11.4 Å². The van der Waals surface area contributed by atoms with Crippen molar-refractivity contribution >= 4 is 34.8 Å². The van der Waals surface area contributed by atoms with Crippen LogP contribution in [0, 0.1) is 6.92 Å². The van der Waals surface area contributed by atoms with Crippen molar-refractivity contribution in [2.75, 3.05) is 17.3 Å². The number of carbonyl (C=O) groups is 2. The molecule has 1 aliphatic rings. The second-order valence-corrected chi connectivity index (χ2v) is 6.15. The lowest BCUT2D eigenvalue weighted by molar-refractivity contribution is -0.124. The van der Waals surface area contributed by atoms with Gasteiger partial charge in [0.1, 0.15) is 0 Å². The maximum Gasteiger partial charge on any atom is 0.232 e. The van der Waals surface area contributed by atoms with Gasteiger partial charge in [-0.15, -0.1) is 0 Å². The average molecular weight is 329 g/mol. The summed E-state index contributed by atoms with van der Waals surface area (Å²) >= 11 is 5.94. The molecule has 3 rings (SSSR count). The number of para-hydroxylation sites is 1. The van der Waals surface area contributed by atoms with Gasteiger partial charge in [-0.1, -0.05) is 29.8 Å². The first-order valence-electron chi connectivity index (χ1n) is 7.40. The minimum atomic E-state index is -0.482. The quantitative estimate of drug-likeness (QED) is 0.913. The molecule has 1 unspecified atom stereocenters. The Morgan fingerprint density at radius 2 is 2.00 bits per heavy atom. The third-order valence-electron chi connectivity index (χ3n) is 4.19. The number of nitrogens with zero attached hydrogens (tertiary/aromatic N) is 1. The molecule has 0 spiro atoms. The summed E-state index contributed by atoms with van der Waals surface area (Å²) in [4.78, 5) is 26.5.